The van der Waals surface area contributed by atoms with Crippen molar-refractivity contribution in [2.75, 3.05) is 12.4 Å². The van der Waals surface area contributed by atoms with Crippen LogP contribution in [0.4, 0.5) is 5.69 Å². The molecule has 4 aromatic carbocycles. The van der Waals surface area contributed by atoms with E-state index in [-0.39, 0.29) is 18.5 Å². The number of fused-ring (bicyclic) bond motifs is 2. The number of halogens is 1. The average molecular weight is 742 g/mol. The highest BCUT2D eigenvalue weighted by Crippen LogP contribution is 2.21. The number of benzene rings is 4. The highest BCUT2D eigenvalue weighted by Gasteiger charge is 2.32. The lowest BCUT2D eigenvalue weighted by Crippen LogP contribution is -2.57. The summed E-state index contributed by atoms with van der Waals surface area (Å²) < 4.78 is 5.16. The van der Waals surface area contributed by atoms with E-state index in [0.29, 0.717) is 32.9 Å². The number of H-pyrrole nitrogens is 1. The number of hydrogen-bond donors (Lipinski definition) is 7. The summed E-state index contributed by atoms with van der Waals surface area (Å²) in [7, 11) is 1.43. The summed E-state index contributed by atoms with van der Waals surface area (Å²) >= 11 is 6.11. The van der Waals surface area contributed by atoms with Crippen LogP contribution in [0.15, 0.2) is 91.0 Å². The third-order valence-corrected chi connectivity index (χ3v) is 8.57. The summed E-state index contributed by atoms with van der Waals surface area (Å²) in [5, 5.41) is 32.0. The van der Waals surface area contributed by atoms with Crippen LogP contribution in [0.5, 0.6) is 5.75 Å². The number of carboxylic acid groups (broad SMARTS) is 2. The zero-order valence-electron chi connectivity index (χ0n) is 28.4. The van der Waals surface area contributed by atoms with Gasteiger partial charge < -0.3 is 41.2 Å². The van der Waals surface area contributed by atoms with Crippen LogP contribution in [0.25, 0.3) is 21.7 Å². The molecule has 4 amide bonds. The molecule has 1 aromatic heterocycles. The Morgan fingerprint density at radius 1 is 0.717 bits per heavy atom. The minimum Gasteiger partial charge on any atom is -0.497 e. The van der Waals surface area contributed by atoms with E-state index in [9.17, 15) is 39.0 Å². The summed E-state index contributed by atoms with van der Waals surface area (Å²) in [4.78, 5) is 80.6. The van der Waals surface area contributed by atoms with Crippen LogP contribution in [0.1, 0.15) is 35.3 Å². The second kappa shape index (κ2) is 17.2. The second-order valence-corrected chi connectivity index (χ2v) is 12.6. The highest BCUT2D eigenvalue weighted by molar-refractivity contribution is 6.31. The first-order valence-electron chi connectivity index (χ1n) is 16.4. The molecular formula is C38H36ClN5O9. The minimum atomic E-state index is -1.72. The number of ether oxygens (including phenoxy) is 1. The second-order valence-electron chi connectivity index (χ2n) is 12.2. The predicted octanol–water partition coefficient (Wildman–Crippen LogP) is 4.27. The van der Waals surface area contributed by atoms with Gasteiger partial charge >= 0.3 is 11.9 Å². The summed E-state index contributed by atoms with van der Waals surface area (Å²) in [6, 6.07) is 21.5. The average Bonchev–Trinajstić information content (AvgIpc) is 3.56. The van der Waals surface area contributed by atoms with Gasteiger partial charge in [-0.2, -0.15) is 0 Å². The Kier molecular flexibility index (Phi) is 12.3. The van der Waals surface area contributed by atoms with E-state index >= 15 is 0 Å². The Morgan fingerprint density at radius 2 is 1.45 bits per heavy atom. The molecule has 0 aliphatic carbocycles. The van der Waals surface area contributed by atoms with E-state index in [4.69, 9.17) is 16.3 Å². The van der Waals surface area contributed by atoms with Crippen LogP contribution in [0.3, 0.4) is 0 Å². The zero-order chi connectivity index (χ0) is 38.1. The molecule has 3 atom stereocenters. The van der Waals surface area contributed by atoms with Gasteiger partial charge in [0.2, 0.25) is 17.7 Å². The molecule has 274 valence electrons. The van der Waals surface area contributed by atoms with Crippen molar-refractivity contribution in [2.45, 2.75) is 43.8 Å². The van der Waals surface area contributed by atoms with Crippen molar-refractivity contribution in [1.82, 2.24) is 20.9 Å². The molecule has 1 heterocycles. The number of nitrogens with one attached hydrogen (secondary N) is 5. The molecule has 0 aliphatic heterocycles. The zero-order valence-corrected chi connectivity index (χ0v) is 29.1. The fourth-order valence-corrected chi connectivity index (χ4v) is 5.85. The molecule has 0 spiro atoms. The maximum atomic E-state index is 13.9. The number of amides is 4. The van der Waals surface area contributed by atoms with Crippen LogP contribution in [-0.2, 0) is 30.4 Å². The first kappa shape index (κ1) is 37.8. The fraction of sp³-hybridized carbons (Fsp3) is 0.211. The quantitative estimate of drug-likeness (QED) is 0.0768. The van der Waals surface area contributed by atoms with Gasteiger partial charge in [-0.05, 0) is 59.2 Å². The number of carbonyl (C=O) groups excluding carboxylic acids is 4. The Bertz CT molecular complexity index is 2190. The summed E-state index contributed by atoms with van der Waals surface area (Å²) in [5.74, 6) is -5.62. The van der Waals surface area contributed by atoms with Crippen molar-refractivity contribution in [3.63, 3.8) is 0 Å². The van der Waals surface area contributed by atoms with Crippen LogP contribution < -0.4 is 26.0 Å². The summed E-state index contributed by atoms with van der Waals surface area (Å²) in [6.45, 7) is 0. The Morgan fingerprint density at radius 3 is 2.19 bits per heavy atom. The fourth-order valence-electron chi connectivity index (χ4n) is 5.67. The minimum absolute atomic E-state index is 0.0416. The molecule has 0 saturated carbocycles. The molecule has 0 fully saturated rings. The number of methoxy groups -OCH3 is 1. The first-order chi connectivity index (χ1) is 25.4. The maximum Gasteiger partial charge on any atom is 0.305 e. The lowest BCUT2D eigenvalue weighted by atomic mass is 10.0. The molecule has 0 saturated heterocycles. The molecule has 0 bridgehead atoms. The van der Waals surface area contributed by atoms with Crippen LogP contribution in [0.2, 0.25) is 5.02 Å². The maximum absolute atomic E-state index is 13.9. The van der Waals surface area contributed by atoms with Crippen molar-refractivity contribution in [1.29, 1.82) is 0 Å². The molecule has 7 N–H and O–H groups in total. The van der Waals surface area contributed by atoms with Gasteiger partial charge in [0.1, 0.15) is 29.6 Å². The molecule has 0 radical (unpaired) electrons. The van der Waals surface area contributed by atoms with E-state index in [1.54, 1.807) is 48.5 Å². The van der Waals surface area contributed by atoms with Crippen LogP contribution in [-0.4, -0.2) is 76.0 Å². The molecule has 15 heteroatoms. The van der Waals surface area contributed by atoms with Gasteiger partial charge in [-0.25, -0.2) is 0 Å². The van der Waals surface area contributed by atoms with Crippen molar-refractivity contribution in [2.24, 2.45) is 0 Å². The van der Waals surface area contributed by atoms with E-state index < -0.39 is 66.5 Å². The molecular weight excluding hydrogens is 706 g/mol. The third-order valence-electron chi connectivity index (χ3n) is 8.33. The number of aromatic nitrogens is 1. The molecule has 0 unspecified atom stereocenters. The molecule has 14 nitrogen and oxygen atoms in total. The number of anilines is 1. The SMILES string of the molecule is COc1cccc(NC(=O)[C@H](CCC(=O)O)NC(=O)[C@@H](CC(=O)O)NC(=O)[C@H](Cc2ccc3ccccc3c2)NC(=O)c2cc3cc(Cl)ccc3[nH]2)c1. The van der Waals surface area contributed by atoms with E-state index in [1.807, 2.05) is 36.4 Å². The van der Waals surface area contributed by atoms with Gasteiger partial charge in [-0.3, -0.25) is 28.8 Å². The van der Waals surface area contributed by atoms with Crippen molar-refractivity contribution < 1.29 is 43.7 Å². The summed E-state index contributed by atoms with van der Waals surface area (Å²) in [6.07, 6.45) is -1.78. The van der Waals surface area contributed by atoms with Crippen molar-refractivity contribution in [3.05, 3.63) is 107 Å². The predicted molar refractivity (Wildman–Crippen MR) is 197 cm³/mol. The van der Waals surface area contributed by atoms with E-state index in [2.05, 4.69) is 26.3 Å². The topological polar surface area (TPSA) is 216 Å². The lowest BCUT2D eigenvalue weighted by Gasteiger charge is -2.25. The normalized spacial score (nSPS) is 12.6. The monoisotopic (exact) mass is 741 g/mol. The van der Waals surface area contributed by atoms with Crippen LogP contribution >= 0.6 is 11.6 Å². The van der Waals surface area contributed by atoms with Crippen molar-refractivity contribution >= 4 is 74.5 Å². The van der Waals surface area contributed by atoms with Gasteiger partial charge in [0, 0.05) is 40.5 Å². The molecule has 5 rings (SSSR count). The number of aromatic amines is 1. The van der Waals surface area contributed by atoms with Gasteiger partial charge in [0.15, 0.2) is 0 Å². The number of rotatable bonds is 16. The smallest absolute Gasteiger partial charge is 0.305 e. The van der Waals surface area contributed by atoms with Gasteiger partial charge in [0.05, 0.1) is 13.5 Å². The lowest BCUT2D eigenvalue weighted by molar-refractivity contribution is -0.141. The molecule has 53 heavy (non-hydrogen) atoms. The Balaban J connectivity index is 1.38. The standard InChI is InChI=1S/C38H36ClN5O9/c1-53-27-8-4-7-26(19-27)40-35(49)29(13-14-33(45)46)42-38(52)32(20-34(47)48)44-36(50)30(16-21-9-10-22-5-2-3-6-23(22)15-21)43-37(51)31-18-24-17-25(39)11-12-28(24)41-31/h2-12,15,17-19,29-30,32,41H,13-14,16,20H2,1H3,(H,40,49)(H,42,52)(H,43,51)(H,44,50)(H,45,46)(H,47,48)/t29-,30-,32+/m0/s1. The number of carboxylic acids is 2. The van der Waals surface area contributed by atoms with Crippen molar-refractivity contribution in [3.8, 4) is 5.75 Å². The Hall–Kier alpha value is -6.41. The number of carbonyl (C=O) groups is 6. The van der Waals surface area contributed by atoms with Crippen LogP contribution in [0, 0.1) is 0 Å². The summed E-state index contributed by atoms with van der Waals surface area (Å²) in [5.41, 5.74) is 1.71. The van der Waals surface area contributed by atoms with Gasteiger partial charge in [0.25, 0.3) is 5.91 Å². The number of aliphatic carboxylic acids is 2. The number of hydrogen-bond acceptors (Lipinski definition) is 7. The molecule has 0 aliphatic rings. The molecule has 5 aromatic rings. The largest absolute Gasteiger partial charge is 0.497 e. The third kappa shape index (κ3) is 10.3. The van der Waals surface area contributed by atoms with Gasteiger partial charge in [-0.15, -0.1) is 0 Å². The van der Waals surface area contributed by atoms with E-state index in [1.165, 1.54) is 13.2 Å². The van der Waals surface area contributed by atoms with Gasteiger partial charge in [-0.1, -0.05) is 60.1 Å². The highest BCUT2D eigenvalue weighted by atomic mass is 35.5. The van der Waals surface area contributed by atoms with E-state index in [0.717, 1.165) is 10.8 Å². The Labute approximate surface area is 307 Å². The first-order valence-corrected chi connectivity index (χ1v) is 16.8.